The molecule has 0 aliphatic rings. The lowest BCUT2D eigenvalue weighted by molar-refractivity contribution is 0.570. The third-order valence-electron chi connectivity index (χ3n) is 1.19. The molecule has 0 saturated heterocycles. The van der Waals surface area contributed by atoms with Crippen LogP contribution in [0.15, 0.2) is 3.79 Å². The van der Waals surface area contributed by atoms with E-state index in [1.165, 1.54) is 11.3 Å². The van der Waals surface area contributed by atoms with Crippen LogP contribution in [0.4, 0.5) is 0 Å². The Bertz CT molecular complexity index is 224. The van der Waals surface area contributed by atoms with Crippen LogP contribution in [-0.4, -0.2) is 4.98 Å². The maximum atomic E-state index is 4.13. The van der Waals surface area contributed by atoms with Crippen LogP contribution in [0, 0.1) is 5.51 Å². The maximum absolute atomic E-state index is 4.13. The van der Waals surface area contributed by atoms with Gasteiger partial charge in [-0.15, -0.1) is 11.3 Å². The molecular formula is C7H9BrNS. The first-order valence-electron chi connectivity index (χ1n) is 3.04. The van der Waals surface area contributed by atoms with Gasteiger partial charge in [0, 0.05) is 5.41 Å². The Morgan fingerprint density at radius 3 is 2.30 bits per heavy atom. The zero-order valence-corrected chi connectivity index (χ0v) is 8.64. The summed E-state index contributed by atoms with van der Waals surface area (Å²) in [4.78, 5) is 4.13. The summed E-state index contributed by atoms with van der Waals surface area (Å²) in [5.41, 5.74) is 4.08. The summed E-state index contributed by atoms with van der Waals surface area (Å²) in [7, 11) is 0. The molecule has 0 saturated carbocycles. The number of nitrogens with zero attached hydrogens (tertiary/aromatic N) is 1. The van der Waals surface area contributed by atoms with Crippen LogP contribution in [-0.2, 0) is 5.41 Å². The molecule has 1 rings (SSSR count). The van der Waals surface area contributed by atoms with E-state index >= 15 is 0 Å². The molecule has 55 valence electrons. The summed E-state index contributed by atoms with van der Waals surface area (Å²) >= 11 is 4.94. The smallest absolute Gasteiger partial charge is 0.153 e. The van der Waals surface area contributed by atoms with Crippen molar-refractivity contribution in [2.75, 3.05) is 0 Å². The quantitative estimate of drug-likeness (QED) is 0.653. The highest BCUT2D eigenvalue weighted by Crippen LogP contribution is 2.30. The van der Waals surface area contributed by atoms with Crippen LogP contribution in [0.25, 0.3) is 0 Å². The Morgan fingerprint density at radius 1 is 1.50 bits per heavy atom. The van der Waals surface area contributed by atoms with Crippen LogP contribution in [0.2, 0.25) is 0 Å². The minimum atomic E-state index is 0.134. The van der Waals surface area contributed by atoms with E-state index in [1.807, 2.05) is 0 Å². The normalized spacial score (nSPS) is 12.0. The van der Waals surface area contributed by atoms with Crippen molar-refractivity contribution in [2.24, 2.45) is 0 Å². The molecule has 0 aromatic carbocycles. The molecule has 1 aromatic heterocycles. The first kappa shape index (κ1) is 8.21. The van der Waals surface area contributed by atoms with Gasteiger partial charge in [-0.05, 0) is 15.9 Å². The fraction of sp³-hybridized carbons (Fsp3) is 0.571. The highest BCUT2D eigenvalue weighted by atomic mass is 79.9. The molecule has 0 amide bonds. The number of aromatic nitrogens is 1. The molecule has 1 radical (unpaired) electrons. The summed E-state index contributed by atoms with van der Waals surface area (Å²) in [6.07, 6.45) is 0. The Morgan fingerprint density at radius 2 is 2.10 bits per heavy atom. The molecule has 0 atom stereocenters. The Kier molecular flexibility index (Phi) is 2.15. The highest BCUT2D eigenvalue weighted by molar-refractivity contribution is 9.11. The lowest BCUT2D eigenvalue weighted by atomic mass is 9.93. The largest absolute Gasteiger partial charge is 0.237 e. The Labute approximate surface area is 73.6 Å². The van der Waals surface area contributed by atoms with Crippen molar-refractivity contribution in [1.82, 2.24) is 4.98 Å². The van der Waals surface area contributed by atoms with E-state index in [-0.39, 0.29) is 5.41 Å². The van der Waals surface area contributed by atoms with E-state index in [1.54, 1.807) is 0 Å². The Balaban J connectivity index is 3.05. The second-order valence-corrected chi connectivity index (χ2v) is 5.29. The average molecular weight is 219 g/mol. The zero-order valence-electron chi connectivity index (χ0n) is 6.23. The van der Waals surface area contributed by atoms with E-state index < -0.39 is 0 Å². The summed E-state index contributed by atoms with van der Waals surface area (Å²) < 4.78 is 1.10. The molecule has 0 unspecified atom stereocenters. The summed E-state index contributed by atoms with van der Waals surface area (Å²) in [5, 5.41) is 0. The van der Waals surface area contributed by atoms with E-state index in [4.69, 9.17) is 0 Å². The molecule has 3 heteroatoms. The van der Waals surface area contributed by atoms with E-state index in [9.17, 15) is 0 Å². The second-order valence-electron chi connectivity index (χ2n) is 3.18. The van der Waals surface area contributed by atoms with Crippen molar-refractivity contribution < 1.29 is 0 Å². The molecule has 0 aliphatic carbocycles. The van der Waals surface area contributed by atoms with Crippen LogP contribution in [0.5, 0.6) is 0 Å². The summed E-state index contributed by atoms with van der Waals surface area (Å²) in [5.74, 6) is 0. The fourth-order valence-corrected chi connectivity index (χ4v) is 2.23. The van der Waals surface area contributed by atoms with Crippen molar-refractivity contribution in [2.45, 2.75) is 26.2 Å². The predicted molar refractivity (Wildman–Crippen MR) is 47.4 cm³/mol. The van der Waals surface area contributed by atoms with Gasteiger partial charge in [0.25, 0.3) is 0 Å². The van der Waals surface area contributed by atoms with Crippen LogP contribution >= 0.6 is 27.3 Å². The lowest BCUT2D eigenvalue weighted by Gasteiger charge is -2.15. The molecule has 1 aromatic rings. The van der Waals surface area contributed by atoms with Crippen molar-refractivity contribution in [3.63, 3.8) is 0 Å². The van der Waals surface area contributed by atoms with Gasteiger partial charge in [0.15, 0.2) is 5.51 Å². The SMILES string of the molecule is CC(C)(C)c1n[c]sc1Br. The maximum Gasteiger partial charge on any atom is 0.153 e. The fourth-order valence-electron chi connectivity index (χ4n) is 0.663. The molecule has 0 N–H and O–H groups in total. The third-order valence-corrected chi connectivity index (χ3v) is 2.61. The van der Waals surface area contributed by atoms with Crippen LogP contribution in [0.3, 0.4) is 0 Å². The zero-order chi connectivity index (χ0) is 7.78. The van der Waals surface area contributed by atoms with Crippen molar-refractivity contribution in [3.05, 3.63) is 15.0 Å². The van der Waals surface area contributed by atoms with Gasteiger partial charge < -0.3 is 0 Å². The molecule has 10 heavy (non-hydrogen) atoms. The van der Waals surface area contributed by atoms with Gasteiger partial charge in [-0.25, -0.2) is 4.98 Å². The van der Waals surface area contributed by atoms with Gasteiger partial charge >= 0.3 is 0 Å². The highest BCUT2D eigenvalue weighted by Gasteiger charge is 2.19. The molecular weight excluding hydrogens is 210 g/mol. The van der Waals surface area contributed by atoms with Gasteiger partial charge in [-0.2, -0.15) is 0 Å². The van der Waals surface area contributed by atoms with E-state index in [2.05, 4.69) is 47.2 Å². The van der Waals surface area contributed by atoms with Gasteiger partial charge in [0.1, 0.15) is 0 Å². The van der Waals surface area contributed by atoms with Crippen molar-refractivity contribution >= 4 is 27.3 Å². The average Bonchev–Trinajstić information content (AvgIpc) is 2.11. The molecule has 0 bridgehead atoms. The number of hydrogen-bond donors (Lipinski definition) is 0. The predicted octanol–water partition coefficient (Wildman–Crippen LogP) is 3.00. The van der Waals surface area contributed by atoms with Gasteiger partial charge in [0.2, 0.25) is 0 Å². The van der Waals surface area contributed by atoms with E-state index in [0.29, 0.717) is 0 Å². The number of rotatable bonds is 0. The molecule has 0 spiro atoms. The summed E-state index contributed by atoms with van der Waals surface area (Å²) in [6.45, 7) is 6.42. The van der Waals surface area contributed by atoms with Gasteiger partial charge in [-0.1, -0.05) is 20.8 Å². The standard InChI is InChI=1S/C7H9BrNS/c1-7(2,3)5-6(8)10-4-9-5/h1-3H3. The van der Waals surface area contributed by atoms with Crippen molar-refractivity contribution in [1.29, 1.82) is 0 Å². The van der Waals surface area contributed by atoms with E-state index in [0.717, 1.165) is 9.48 Å². The van der Waals surface area contributed by atoms with Crippen LogP contribution < -0.4 is 0 Å². The van der Waals surface area contributed by atoms with Crippen molar-refractivity contribution in [3.8, 4) is 0 Å². The monoisotopic (exact) mass is 218 g/mol. The molecule has 0 fully saturated rings. The second kappa shape index (κ2) is 2.62. The molecule has 1 nitrogen and oxygen atoms in total. The first-order valence-corrected chi connectivity index (χ1v) is 4.65. The lowest BCUT2D eigenvalue weighted by Crippen LogP contribution is -2.11. The number of hydrogen-bond acceptors (Lipinski definition) is 2. The third kappa shape index (κ3) is 1.58. The molecule has 1 heterocycles. The first-order chi connectivity index (χ1) is 4.52. The summed E-state index contributed by atoms with van der Waals surface area (Å²) in [6, 6.07) is 0. The topological polar surface area (TPSA) is 12.9 Å². The number of halogens is 1. The van der Waals surface area contributed by atoms with Gasteiger partial charge in [-0.3, -0.25) is 0 Å². The molecule has 0 aliphatic heterocycles. The van der Waals surface area contributed by atoms with Crippen LogP contribution in [0.1, 0.15) is 26.5 Å². The minimum Gasteiger partial charge on any atom is -0.237 e. The minimum absolute atomic E-state index is 0.134. The Hall–Kier alpha value is 0.110. The van der Waals surface area contributed by atoms with Gasteiger partial charge in [0.05, 0.1) is 9.48 Å². The number of thiazole rings is 1.